The van der Waals surface area contributed by atoms with Gasteiger partial charge in [0.15, 0.2) is 0 Å². The van der Waals surface area contributed by atoms with Crippen LogP contribution in [-0.4, -0.2) is 49.3 Å². The van der Waals surface area contributed by atoms with E-state index in [-0.39, 0.29) is 41.7 Å². The highest BCUT2D eigenvalue weighted by Gasteiger charge is 2.64. The standard InChI is InChI=1S/C26H30ClNO4Si/c1-26(2,3)33(18-10-6-4-7-11-18,19-12-8-5-9-13-19)32-21-15-17-14-20(21)23-24(17)31-25(30)28(23)16-22(27)29/h4-13,17,20-21,23-24H,14-16H2,1-3H3/t17-,20+,21-,23-,24+/m0/s1. The van der Waals surface area contributed by atoms with E-state index >= 15 is 0 Å². The summed E-state index contributed by atoms with van der Waals surface area (Å²) < 4.78 is 13.1. The fourth-order valence-electron chi connectivity index (χ4n) is 6.46. The number of amides is 1. The van der Waals surface area contributed by atoms with Gasteiger partial charge in [-0.2, -0.15) is 0 Å². The van der Waals surface area contributed by atoms with E-state index in [9.17, 15) is 9.59 Å². The maximum atomic E-state index is 12.5. The van der Waals surface area contributed by atoms with Crippen LogP contribution in [0, 0.1) is 11.8 Å². The quantitative estimate of drug-likeness (QED) is 0.461. The predicted octanol–water partition coefficient (Wildman–Crippen LogP) is 3.93. The molecule has 0 spiro atoms. The van der Waals surface area contributed by atoms with Crippen LogP contribution in [0.5, 0.6) is 0 Å². The van der Waals surface area contributed by atoms with Crippen LogP contribution in [0.3, 0.4) is 0 Å². The Labute approximate surface area is 201 Å². The minimum atomic E-state index is -2.70. The van der Waals surface area contributed by atoms with E-state index in [2.05, 4.69) is 69.3 Å². The Morgan fingerprint density at radius 3 is 2.15 bits per heavy atom. The second-order valence-corrected chi connectivity index (χ2v) is 15.2. The Morgan fingerprint density at radius 2 is 1.64 bits per heavy atom. The van der Waals surface area contributed by atoms with Crippen LogP contribution < -0.4 is 10.4 Å². The van der Waals surface area contributed by atoms with E-state index in [1.807, 2.05) is 12.1 Å². The third-order valence-electron chi connectivity index (χ3n) is 7.70. The van der Waals surface area contributed by atoms with E-state index in [1.165, 1.54) is 15.3 Å². The van der Waals surface area contributed by atoms with Crippen molar-refractivity contribution in [2.45, 2.75) is 56.9 Å². The molecule has 2 saturated carbocycles. The summed E-state index contributed by atoms with van der Waals surface area (Å²) in [5.74, 6) is 0.381. The fraction of sp³-hybridized carbons (Fsp3) is 0.462. The van der Waals surface area contributed by atoms with Gasteiger partial charge in [-0.1, -0.05) is 81.4 Å². The van der Waals surface area contributed by atoms with Crippen molar-refractivity contribution in [1.82, 2.24) is 4.90 Å². The molecule has 5 atom stereocenters. The molecule has 0 N–H and O–H groups in total. The second-order valence-electron chi connectivity index (χ2n) is 10.5. The van der Waals surface area contributed by atoms with Gasteiger partial charge in [-0.15, -0.1) is 0 Å². The summed E-state index contributed by atoms with van der Waals surface area (Å²) in [6.45, 7) is 6.71. The first-order chi connectivity index (χ1) is 15.7. The summed E-state index contributed by atoms with van der Waals surface area (Å²) in [5, 5.41) is 1.83. The predicted molar refractivity (Wildman–Crippen MR) is 130 cm³/mol. The molecule has 2 aromatic rings. The number of carbonyl (C=O) groups excluding carboxylic acids is 2. The van der Waals surface area contributed by atoms with Crippen molar-refractivity contribution in [1.29, 1.82) is 0 Å². The molecule has 174 valence electrons. The van der Waals surface area contributed by atoms with E-state index in [1.54, 1.807) is 0 Å². The van der Waals surface area contributed by atoms with Crippen molar-refractivity contribution < 1.29 is 18.8 Å². The highest BCUT2D eigenvalue weighted by molar-refractivity contribution is 6.99. The van der Waals surface area contributed by atoms with Crippen LogP contribution in [-0.2, 0) is 14.0 Å². The molecular formula is C26H30ClNO4Si. The summed E-state index contributed by atoms with van der Waals surface area (Å²) >= 11 is 5.67. The Morgan fingerprint density at radius 1 is 1.06 bits per heavy atom. The molecule has 3 aliphatic rings. The summed E-state index contributed by atoms with van der Waals surface area (Å²) in [4.78, 5) is 25.7. The summed E-state index contributed by atoms with van der Waals surface area (Å²) in [7, 11) is -2.70. The summed E-state index contributed by atoms with van der Waals surface area (Å²) in [5.41, 5.74) is 0. The lowest BCUT2D eigenvalue weighted by Crippen LogP contribution is -2.68. The Kier molecular flexibility index (Phi) is 5.66. The lowest BCUT2D eigenvalue weighted by atomic mass is 9.90. The molecule has 33 heavy (non-hydrogen) atoms. The lowest BCUT2D eigenvalue weighted by Gasteiger charge is -2.47. The number of halogens is 1. The van der Waals surface area contributed by atoms with Crippen LogP contribution in [0.15, 0.2) is 60.7 Å². The van der Waals surface area contributed by atoms with Gasteiger partial charge in [-0.3, -0.25) is 9.69 Å². The Hall–Kier alpha value is -2.15. The molecule has 5 rings (SSSR count). The van der Waals surface area contributed by atoms with Crippen molar-refractivity contribution in [2.75, 3.05) is 6.54 Å². The zero-order chi connectivity index (χ0) is 23.4. The number of hydrogen-bond acceptors (Lipinski definition) is 4. The van der Waals surface area contributed by atoms with Crippen LogP contribution in [0.1, 0.15) is 33.6 Å². The molecule has 5 nitrogen and oxygen atoms in total. The van der Waals surface area contributed by atoms with Gasteiger partial charge in [-0.25, -0.2) is 4.79 Å². The Bertz CT molecular complexity index is 1000. The molecule has 1 saturated heterocycles. The normalized spacial score (nSPS) is 28.7. The fourth-order valence-corrected chi connectivity index (χ4v) is 11.3. The maximum Gasteiger partial charge on any atom is 0.410 e. The molecule has 0 unspecified atom stereocenters. The molecule has 1 aliphatic heterocycles. The minimum absolute atomic E-state index is 0.00928. The number of benzene rings is 2. The third-order valence-corrected chi connectivity index (χ3v) is 12.9. The maximum absolute atomic E-state index is 12.5. The van der Waals surface area contributed by atoms with Gasteiger partial charge in [0.05, 0.1) is 18.7 Å². The zero-order valence-electron chi connectivity index (χ0n) is 19.2. The highest BCUT2D eigenvalue weighted by atomic mass is 35.5. The van der Waals surface area contributed by atoms with E-state index in [0.29, 0.717) is 0 Å². The number of ether oxygens (including phenoxy) is 1. The van der Waals surface area contributed by atoms with Crippen molar-refractivity contribution in [3.05, 3.63) is 60.7 Å². The van der Waals surface area contributed by atoms with Crippen LogP contribution >= 0.6 is 11.6 Å². The van der Waals surface area contributed by atoms with E-state index < -0.39 is 19.7 Å². The van der Waals surface area contributed by atoms with Crippen molar-refractivity contribution in [3.8, 4) is 0 Å². The van der Waals surface area contributed by atoms with Crippen LogP contribution in [0.2, 0.25) is 5.04 Å². The minimum Gasteiger partial charge on any atom is -0.444 e. The van der Waals surface area contributed by atoms with Gasteiger partial charge >= 0.3 is 6.09 Å². The molecule has 2 bridgehead atoms. The van der Waals surface area contributed by atoms with Crippen LogP contribution in [0.4, 0.5) is 4.79 Å². The van der Waals surface area contributed by atoms with Crippen LogP contribution in [0.25, 0.3) is 0 Å². The molecule has 0 radical (unpaired) electrons. The largest absolute Gasteiger partial charge is 0.444 e. The van der Waals surface area contributed by atoms with Gasteiger partial charge in [0, 0.05) is 11.8 Å². The Balaban J connectivity index is 1.55. The first kappa shape index (κ1) is 22.6. The summed E-state index contributed by atoms with van der Waals surface area (Å²) in [6, 6.07) is 21.1. The molecule has 7 heteroatoms. The number of carbonyl (C=O) groups is 2. The molecule has 0 aromatic heterocycles. The van der Waals surface area contributed by atoms with Gasteiger partial charge in [0.2, 0.25) is 5.24 Å². The lowest BCUT2D eigenvalue weighted by molar-refractivity contribution is -0.112. The number of fused-ring (bicyclic) bond motifs is 5. The summed E-state index contributed by atoms with van der Waals surface area (Å²) in [6.07, 6.45) is 1.20. The first-order valence-corrected chi connectivity index (χ1v) is 14.0. The van der Waals surface area contributed by atoms with Gasteiger partial charge in [-0.05, 0) is 39.9 Å². The average Bonchev–Trinajstić information content (AvgIpc) is 3.43. The second kappa shape index (κ2) is 8.26. The number of nitrogens with zero attached hydrogens (tertiary/aromatic N) is 1. The number of hydrogen-bond donors (Lipinski definition) is 0. The monoisotopic (exact) mass is 483 g/mol. The van der Waals surface area contributed by atoms with E-state index in [0.717, 1.165) is 12.8 Å². The first-order valence-electron chi connectivity index (χ1n) is 11.7. The topological polar surface area (TPSA) is 55.8 Å². The van der Waals surface area contributed by atoms with Gasteiger partial charge in [0.1, 0.15) is 6.10 Å². The molecule has 1 heterocycles. The van der Waals surface area contributed by atoms with Gasteiger partial charge in [0.25, 0.3) is 8.32 Å². The molecule has 3 fully saturated rings. The third kappa shape index (κ3) is 3.63. The smallest absolute Gasteiger partial charge is 0.410 e. The SMILES string of the molecule is CC(C)(C)[Si](O[C@H]1C[C@@H]2C[C@H]1[C@H]1[C@@H]2OC(=O)N1CC(=O)Cl)(c1ccccc1)c1ccccc1. The molecular weight excluding hydrogens is 454 g/mol. The zero-order valence-corrected chi connectivity index (χ0v) is 21.0. The van der Waals surface area contributed by atoms with Gasteiger partial charge < -0.3 is 9.16 Å². The molecule has 2 aliphatic carbocycles. The number of rotatable bonds is 6. The van der Waals surface area contributed by atoms with Crippen molar-refractivity contribution in [3.63, 3.8) is 0 Å². The highest BCUT2D eigenvalue weighted by Crippen LogP contribution is 2.53. The molecule has 1 amide bonds. The van der Waals surface area contributed by atoms with Crippen molar-refractivity contribution >= 4 is 41.6 Å². The molecule has 2 aromatic carbocycles. The van der Waals surface area contributed by atoms with Crippen molar-refractivity contribution in [2.24, 2.45) is 11.8 Å². The van der Waals surface area contributed by atoms with E-state index in [4.69, 9.17) is 20.8 Å². The average molecular weight is 484 g/mol.